The van der Waals surface area contributed by atoms with Crippen LogP contribution < -0.4 is 0 Å². The van der Waals surface area contributed by atoms with Gasteiger partial charge in [-0.2, -0.15) is 0 Å². The van der Waals surface area contributed by atoms with Crippen molar-refractivity contribution in [2.45, 2.75) is 25.3 Å². The third kappa shape index (κ3) is 3.95. The maximum Gasteiger partial charge on any atom is 0.0566 e. The van der Waals surface area contributed by atoms with Gasteiger partial charge in [-0.25, -0.2) is 0 Å². The van der Waals surface area contributed by atoms with Crippen molar-refractivity contribution in [1.29, 1.82) is 0 Å². The number of allylic oxidation sites excluding steroid dienone is 5. The second kappa shape index (κ2) is 10.1. The summed E-state index contributed by atoms with van der Waals surface area (Å²) in [5.74, 6) is 0. The van der Waals surface area contributed by atoms with Crippen LogP contribution in [0, 0.1) is 0 Å². The van der Waals surface area contributed by atoms with Crippen molar-refractivity contribution in [3.63, 3.8) is 0 Å². The lowest BCUT2D eigenvalue weighted by Crippen LogP contribution is -2.09. The van der Waals surface area contributed by atoms with Gasteiger partial charge in [-0.1, -0.05) is 115 Å². The van der Waals surface area contributed by atoms with E-state index >= 15 is 0 Å². The molecule has 0 N–H and O–H groups in total. The van der Waals surface area contributed by atoms with Crippen LogP contribution in [0.1, 0.15) is 35.7 Å². The van der Waals surface area contributed by atoms with Crippen LogP contribution in [0.15, 0.2) is 146 Å². The standard InChI is InChI=1S/C42H32N2/c1-3-12-29(13-4-1)30-14-11-17-34(26-30)44-39-20-9-7-18-35(39)37-24-22-32(28-42(37)44)31-23-25-41-38(27-31)36-19-8-10-21-40(36)43(41)33-15-5-2-6-16-33/h1-9,11-20,22-25,27-28,34H,10,21,26H2. The van der Waals surface area contributed by atoms with E-state index in [1.165, 1.54) is 71.9 Å². The molecule has 2 aliphatic rings. The zero-order valence-electron chi connectivity index (χ0n) is 24.5. The second-order valence-electron chi connectivity index (χ2n) is 12.0. The zero-order chi connectivity index (χ0) is 29.0. The summed E-state index contributed by atoms with van der Waals surface area (Å²) >= 11 is 0. The van der Waals surface area contributed by atoms with Gasteiger partial charge < -0.3 is 9.13 Å². The molecule has 0 saturated heterocycles. The summed E-state index contributed by atoms with van der Waals surface area (Å²) in [4.78, 5) is 0. The van der Waals surface area contributed by atoms with Crippen LogP contribution in [0.4, 0.5) is 0 Å². The van der Waals surface area contributed by atoms with E-state index in [0.29, 0.717) is 0 Å². The van der Waals surface area contributed by atoms with E-state index in [9.17, 15) is 0 Å². The van der Waals surface area contributed by atoms with Crippen LogP contribution >= 0.6 is 0 Å². The summed E-state index contributed by atoms with van der Waals surface area (Å²) in [5.41, 5.74) is 13.1. The fourth-order valence-electron chi connectivity index (χ4n) is 7.52. The number of rotatable bonds is 4. The van der Waals surface area contributed by atoms with E-state index in [2.05, 4.69) is 161 Å². The summed E-state index contributed by atoms with van der Waals surface area (Å²) in [7, 11) is 0. The molecule has 9 rings (SSSR count). The first-order valence-electron chi connectivity index (χ1n) is 15.7. The quantitative estimate of drug-likeness (QED) is 0.201. The molecule has 2 aliphatic carbocycles. The van der Waals surface area contributed by atoms with Gasteiger partial charge in [0.15, 0.2) is 0 Å². The smallest absolute Gasteiger partial charge is 0.0566 e. The maximum absolute atomic E-state index is 2.57. The molecule has 2 nitrogen and oxygen atoms in total. The average Bonchev–Trinajstić information content (AvgIpc) is 3.61. The molecule has 0 radical (unpaired) electrons. The summed E-state index contributed by atoms with van der Waals surface area (Å²) in [6.07, 6.45) is 14.6. The molecule has 0 aliphatic heterocycles. The SMILES string of the molecule is C1=CC(n2c3ccccc3c3ccc(-c4ccc5c(c4)c4c(n5-c5ccccc5)CCC=C4)cc32)CC(c2ccccc2)=C1. The largest absolute Gasteiger partial charge is 0.333 e. The van der Waals surface area contributed by atoms with E-state index in [-0.39, 0.29) is 6.04 Å². The Morgan fingerprint density at radius 2 is 1.34 bits per heavy atom. The van der Waals surface area contributed by atoms with Gasteiger partial charge in [0, 0.05) is 38.6 Å². The van der Waals surface area contributed by atoms with Crippen LogP contribution in [-0.2, 0) is 6.42 Å². The Bertz CT molecular complexity index is 2290. The van der Waals surface area contributed by atoms with Gasteiger partial charge in [-0.3, -0.25) is 0 Å². The highest BCUT2D eigenvalue weighted by atomic mass is 15.0. The first-order valence-corrected chi connectivity index (χ1v) is 15.7. The van der Waals surface area contributed by atoms with Crippen molar-refractivity contribution in [2.24, 2.45) is 0 Å². The molecule has 44 heavy (non-hydrogen) atoms. The summed E-state index contributed by atoms with van der Waals surface area (Å²) in [5, 5.41) is 3.95. The van der Waals surface area contributed by atoms with Gasteiger partial charge >= 0.3 is 0 Å². The predicted molar refractivity (Wildman–Crippen MR) is 186 cm³/mol. The molecule has 7 aromatic rings. The topological polar surface area (TPSA) is 9.86 Å². The Kier molecular flexibility index (Phi) is 5.80. The number of para-hydroxylation sites is 2. The highest BCUT2D eigenvalue weighted by molar-refractivity contribution is 6.09. The fourth-order valence-corrected chi connectivity index (χ4v) is 7.52. The van der Waals surface area contributed by atoms with E-state index < -0.39 is 0 Å². The third-order valence-corrected chi connectivity index (χ3v) is 9.54. The maximum atomic E-state index is 2.57. The minimum Gasteiger partial charge on any atom is -0.333 e. The molecular weight excluding hydrogens is 532 g/mol. The van der Waals surface area contributed by atoms with Crippen LogP contribution in [0.3, 0.4) is 0 Å². The van der Waals surface area contributed by atoms with Crippen molar-refractivity contribution in [3.05, 3.63) is 162 Å². The zero-order valence-corrected chi connectivity index (χ0v) is 24.5. The van der Waals surface area contributed by atoms with Crippen molar-refractivity contribution in [3.8, 4) is 16.8 Å². The number of benzene rings is 5. The van der Waals surface area contributed by atoms with Gasteiger partial charge in [-0.05, 0) is 77.9 Å². The molecule has 5 aromatic carbocycles. The van der Waals surface area contributed by atoms with Crippen molar-refractivity contribution >= 4 is 44.4 Å². The molecule has 0 fully saturated rings. The molecule has 210 valence electrons. The molecule has 2 heteroatoms. The molecule has 0 amide bonds. The Hall–Kier alpha value is -5.34. The highest BCUT2D eigenvalue weighted by Crippen LogP contribution is 2.41. The van der Waals surface area contributed by atoms with E-state index in [1.807, 2.05) is 0 Å². The molecule has 1 unspecified atom stereocenters. The van der Waals surface area contributed by atoms with Crippen molar-refractivity contribution in [2.75, 3.05) is 0 Å². The van der Waals surface area contributed by atoms with Crippen LogP contribution in [0.2, 0.25) is 0 Å². The monoisotopic (exact) mass is 564 g/mol. The van der Waals surface area contributed by atoms with Crippen molar-refractivity contribution in [1.82, 2.24) is 9.13 Å². The molecule has 2 aromatic heterocycles. The number of hydrogen-bond donors (Lipinski definition) is 0. The lowest BCUT2D eigenvalue weighted by Gasteiger charge is -2.23. The first-order chi connectivity index (χ1) is 21.8. The summed E-state index contributed by atoms with van der Waals surface area (Å²) < 4.78 is 5.03. The molecule has 0 spiro atoms. The van der Waals surface area contributed by atoms with Gasteiger partial charge in [0.05, 0.1) is 17.1 Å². The number of fused-ring (bicyclic) bond motifs is 6. The van der Waals surface area contributed by atoms with Gasteiger partial charge in [0.1, 0.15) is 0 Å². The van der Waals surface area contributed by atoms with E-state index in [1.54, 1.807) is 0 Å². The summed E-state index contributed by atoms with van der Waals surface area (Å²) in [6.45, 7) is 0. The lowest BCUT2D eigenvalue weighted by molar-refractivity contribution is 0.656. The number of nitrogens with zero attached hydrogens (tertiary/aromatic N) is 2. The minimum absolute atomic E-state index is 0.243. The molecular formula is C42H32N2. The van der Waals surface area contributed by atoms with E-state index in [4.69, 9.17) is 0 Å². The second-order valence-corrected chi connectivity index (χ2v) is 12.0. The Morgan fingerprint density at radius 1 is 0.591 bits per heavy atom. The van der Waals surface area contributed by atoms with Crippen LogP contribution in [0.5, 0.6) is 0 Å². The Labute approximate surface area is 257 Å². The normalized spacial score (nSPS) is 16.1. The average molecular weight is 565 g/mol. The molecule has 0 bridgehead atoms. The molecule has 0 saturated carbocycles. The predicted octanol–water partition coefficient (Wildman–Crippen LogP) is 10.9. The lowest BCUT2D eigenvalue weighted by atomic mass is 9.94. The van der Waals surface area contributed by atoms with Gasteiger partial charge in [-0.15, -0.1) is 0 Å². The third-order valence-electron chi connectivity index (χ3n) is 9.54. The summed E-state index contributed by atoms with van der Waals surface area (Å²) in [6, 6.07) is 44.8. The Morgan fingerprint density at radius 3 is 2.23 bits per heavy atom. The van der Waals surface area contributed by atoms with Gasteiger partial charge in [0.25, 0.3) is 0 Å². The van der Waals surface area contributed by atoms with Crippen LogP contribution in [0.25, 0.3) is 61.2 Å². The first kappa shape index (κ1) is 25.2. The van der Waals surface area contributed by atoms with Crippen LogP contribution in [-0.4, -0.2) is 9.13 Å². The Balaban J connectivity index is 1.20. The minimum atomic E-state index is 0.243. The molecule has 1 atom stereocenters. The number of hydrogen-bond acceptors (Lipinski definition) is 0. The fraction of sp³-hybridized carbons (Fsp3) is 0.0952. The van der Waals surface area contributed by atoms with Crippen molar-refractivity contribution < 1.29 is 0 Å². The molecule has 2 heterocycles. The number of aromatic nitrogens is 2. The van der Waals surface area contributed by atoms with E-state index in [0.717, 1.165) is 19.3 Å². The highest BCUT2D eigenvalue weighted by Gasteiger charge is 2.22. The van der Waals surface area contributed by atoms with Gasteiger partial charge in [0.2, 0.25) is 0 Å².